The van der Waals surface area contributed by atoms with Gasteiger partial charge in [0, 0.05) is 20.0 Å². The first kappa shape index (κ1) is 18.5. The molecule has 2 aliphatic heterocycles. The first-order valence-electron chi connectivity index (χ1n) is 9.24. The number of carbonyl (C=O) groups excluding carboxylic acids is 3. The lowest BCUT2D eigenvalue weighted by molar-refractivity contribution is -0.119. The maximum atomic E-state index is 14.8. The zero-order valence-corrected chi connectivity index (χ0v) is 15.7. The SMILES string of the molecule is COC(=O)N1C[C@@H]2[C@H](C1)[C@H]2c1ccc(N2C[C@H](CNC(C)=O)OC2=O)cc1F. The molecule has 9 heteroatoms. The average molecular weight is 391 g/mol. The summed E-state index contributed by atoms with van der Waals surface area (Å²) in [6, 6.07) is 4.78. The van der Waals surface area contributed by atoms with Crippen molar-refractivity contribution in [3.8, 4) is 0 Å². The molecular weight excluding hydrogens is 369 g/mol. The number of nitrogens with zero attached hydrogens (tertiary/aromatic N) is 2. The summed E-state index contributed by atoms with van der Waals surface area (Å²) < 4.78 is 24.7. The van der Waals surface area contributed by atoms with E-state index >= 15 is 0 Å². The average Bonchev–Trinajstić information content (AvgIpc) is 3.00. The summed E-state index contributed by atoms with van der Waals surface area (Å²) in [4.78, 5) is 37.7. The topological polar surface area (TPSA) is 88.2 Å². The van der Waals surface area contributed by atoms with Crippen molar-refractivity contribution in [3.05, 3.63) is 29.6 Å². The van der Waals surface area contributed by atoms with E-state index in [9.17, 15) is 18.8 Å². The number of benzene rings is 1. The van der Waals surface area contributed by atoms with Crippen LogP contribution in [0.1, 0.15) is 18.4 Å². The molecule has 1 aromatic carbocycles. The number of hydrogen-bond acceptors (Lipinski definition) is 5. The number of likely N-dealkylation sites (tertiary alicyclic amines) is 1. The third-order valence-electron chi connectivity index (χ3n) is 5.73. The van der Waals surface area contributed by atoms with Crippen molar-refractivity contribution in [3.63, 3.8) is 0 Å². The smallest absolute Gasteiger partial charge is 0.414 e. The summed E-state index contributed by atoms with van der Waals surface area (Å²) >= 11 is 0. The van der Waals surface area contributed by atoms with Crippen LogP contribution in [0.4, 0.5) is 19.7 Å². The van der Waals surface area contributed by atoms with Crippen molar-refractivity contribution in [2.75, 3.05) is 38.2 Å². The Morgan fingerprint density at radius 2 is 2.00 bits per heavy atom. The number of fused-ring (bicyclic) bond motifs is 1. The van der Waals surface area contributed by atoms with Gasteiger partial charge in [-0.3, -0.25) is 9.69 Å². The van der Waals surface area contributed by atoms with Crippen LogP contribution in [0.2, 0.25) is 0 Å². The van der Waals surface area contributed by atoms with Crippen LogP contribution >= 0.6 is 0 Å². The molecule has 3 fully saturated rings. The van der Waals surface area contributed by atoms with Crippen LogP contribution in [-0.4, -0.2) is 62.4 Å². The quantitative estimate of drug-likeness (QED) is 0.844. The van der Waals surface area contributed by atoms with Crippen LogP contribution in [0.25, 0.3) is 0 Å². The Labute approximate surface area is 161 Å². The minimum Gasteiger partial charge on any atom is -0.453 e. The van der Waals surface area contributed by atoms with E-state index in [4.69, 9.17) is 9.47 Å². The molecule has 150 valence electrons. The van der Waals surface area contributed by atoms with Gasteiger partial charge in [0.1, 0.15) is 11.9 Å². The number of rotatable bonds is 4. The first-order valence-corrected chi connectivity index (χ1v) is 9.24. The second kappa shape index (κ2) is 6.96. The van der Waals surface area contributed by atoms with Gasteiger partial charge in [-0.25, -0.2) is 14.0 Å². The highest BCUT2D eigenvalue weighted by Crippen LogP contribution is 2.58. The number of amides is 3. The third kappa shape index (κ3) is 3.25. The second-order valence-corrected chi connectivity index (χ2v) is 7.49. The first-order chi connectivity index (χ1) is 13.4. The van der Waals surface area contributed by atoms with Gasteiger partial charge in [0.15, 0.2) is 0 Å². The Hall–Kier alpha value is -2.84. The summed E-state index contributed by atoms with van der Waals surface area (Å²) in [5.74, 6) is 0.0229. The molecule has 1 saturated carbocycles. The highest BCUT2D eigenvalue weighted by Gasteiger charge is 2.58. The van der Waals surface area contributed by atoms with Gasteiger partial charge >= 0.3 is 12.2 Å². The molecule has 3 amide bonds. The van der Waals surface area contributed by atoms with E-state index in [1.54, 1.807) is 17.0 Å². The molecule has 3 aliphatic rings. The van der Waals surface area contributed by atoms with Crippen molar-refractivity contribution in [2.45, 2.75) is 18.9 Å². The molecule has 8 nitrogen and oxygen atoms in total. The van der Waals surface area contributed by atoms with Gasteiger partial charge < -0.3 is 19.7 Å². The summed E-state index contributed by atoms with van der Waals surface area (Å²) in [6.45, 7) is 3.01. The Bertz CT molecular complexity index is 820. The van der Waals surface area contributed by atoms with Crippen LogP contribution in [0.5, 0.6) is 0 Å². The van der Waals surface area contributed by atoms with Gasteiger partial charge in [-0.15, -0.1) is 0 Å². The van der Waals surface area contributed by atoms with Crippen LogP contribution in [0.3, 0.4) is 0 Å². The number of halogens is 1. The maximum absolute atomic E-state index is 14.8. The molecule has 2 saturated heterocycles. The summed E-state index contributed by atoms with van der Waals surface area (Å²) in [5, 5.41) is 2.61. The molecule has 1 aromatic rings. The fourth-order valence-corrected chi connectivity index (χ4v) is 4.32. The van der Waals surface area contributed by atoms with E-state index in [1.807, 2.05) is 0 Å². The predicted octanol–water partition coefficient (Wildman–Crippen LogP) is 1.70. The van der Waals surface area contributed by atoms with E-state index in [-0.39, 0.29) is 48.7 Å². The van der Waals surface area contributed by atoms with Gasteiger partial charge in [0.25, 0.3) is 0 Å². The van der Waals surface area contributed by atoms with Crippen molar-refractivity contribution < 1.29 is 28.2 Å². The molecule has 4 atom stereocenters. The Morgan fingerprint density at radius 1 is 1.29 bits per heavy atom. The number of hydrogen-bond donors (Lipinski definition) is 1. The monoisotopic (exact) mass is 391 g/mol. The number of anilines is 1. The van der Waals surface area contributed by atoms with Crippen LogP contribution in [0.15, 0.2) is 18.2 Å². The number of methoxy groups -OCH3 is 1. The molecular formula is C19H22FN3O5. The molecule has 0 spiro atoms. The molecule has 0 aromatic heterocycles. The van der Waals surface area contributed by atoms with Crippen molar-refractivity contribution in [1.82, 2.24) is 10.2 Å². The van der Waals surface area contributed by atoms with Gasteiger partial charge in [-0.2, -0.15) is 0 Å². The van der Waals surface area contributed by atoms with Crippen molar-refractivity contribution >= 4 is 23.8 Å². The number of carbonyl (C=O) groups is 3. The number of nitrogens with one attached hydrogen (secondary N) is 1. The Balaban J connectivity index is 1.40. The maximum Gasteiger partial charge on any atom is 0.414 e. The summed E-state index contributed by atoms with van der Waals surface area (Å²) in [5.41, 5.74) is 1.05. The number of cyclic esters (lactones) is 1. The standard InChI is InChI=1S/C19H22FN3O5/c1-10(24)21-6-12-7-23(19(26)28-12)11-3-4-13(16(20)5-11)17-14-8-22(9-15(14)17)18(25)27-2/h3-5,12,14-15,17H,6-9H2,1-2H3,(H,21,24)/t12-,14-,15+,17+/m0/s1. The van der Waals surface area contributed by atoms with E-state index in [0.717, 1.165) is 0 Å². The number of piperidine rings is 1. The van der Waals surface area contributed by atoms with E-state index in [1.165, 1.54) is 25.0 Å². The molecule has 28 heavy (non-hydrogen) atoms. The molecule has 0 bridgehead atoms. The fourth-order valence-electron chi connectivity index (χ4n) is 4.32. The third-order valence-corrected chi connectivity index (χ3v) is 5.73. The van der Waals surface area contributed by atoms with Crippen LogP contribution in [-0.2, 0) is 14.3 Å². The van der Waals surface area contributed by atoms with E-state index < -0.39 is 12.2 Å². The van der Waals surface area contributed by atoms with Gasteiger partial charge in [0.2, 0.25) is 5.91 Å². The molecule has 2 heterocycles. The molecule has 4 rings (SSSR count). The zero-order valence-electron chi connectivity index (χ0n) is 15.7. The highest BCUT2D eigenvalue weighted by molar-refractivity contribution is 5.89. The molecule has 1 aliphatic carbocycles. The zero-order chi connectivity index (χ0) is 20.0. The lowest BCUT2D eigenvalue weighted by Gasteiger charge is -2.19. The second-order valence-electron chi connectivity index (χ2n) is 7.49. The molecule has 0 unspecified atom stereocenters. The minimum atomic E-state index is -0.556. The van der Waals surface area contributed by atoms with Crippen molar-refractivity contribution in [2.24, 2.45) is 11.8 Å². The Morgan fingerprint density at radius 3 is 2.61 bits per heavy atom. The van der Waals surface area contributed by atoms with E-state index in [2.05, 4.69) is 5.32 Å². The van der Waals surface area contributed by atoms with Gasteiger partial charge in [0.05, 0.1) is 25.9 Å². The van der Waals surface area contributed by atoms with E-state index in [0.29, 0.717) is 24.3 Å². The predicted molar refractivity (Wildman–Crippen MR) is 96.4 cm³/mol. The van der Waals surface area contributed by atoms with Crippen LogP contribution in [0, 0.1) is 17.7 Å². The lowest BCUT2D eigenvalue weighted by Crippen LogP contribution is -2.33. The van der Waals surface area contributed by atoms with Gasteiger partial charge in [-0.05, 0) is 35.4 Å². The molecule has 0 radical (unpaired) electrons. The fraction of sp³-hybridized carbons (Fsp3) is 0.526. The number of ether oxygens (including phenoxy) is 2. The van der Waals surface area contributed by atoms with Crippen molar-refractivity contribution in [1.29, 1.82) is 0 Å². The molecule has 1 N–H and O–H groups in total. The lowest BCUT2D eigenvalue weighted by atomic mass is 10.1. The largest absolute Gasteiger partial charge is 0.453 e. The minimum absolute atomic E-state index is 0.0907. The van der Waals surface area contributed by atoms with Crippen LogP contribution < -0.4 is 10.2 Å². The van der Waals surface area contributed by atoms with Gasteiger partial charge in [-0.1, -0.05) is 6.07 Å². The Kier molecular flexibility index (Phi) is 4.60. The highest BCUT2D eigenvalue weighted by atomic mass is 19.1. The normalized spacial score (nSPS) is 28.0. The summed E-state index contributed by atoms with van der Waals surface area (Å²) in [7, 11) is 1.35. The summed E-state index contributed by atoms with van der Waals surface area (Å²) in [6.07, 6.45) is -1.37.